The number of hydrogen-bond acceptors (Lipinski definition) is 4. The van der Waals surface area contributed by atoms with Gasteiger partial charge in [-0.2, -0.15) is 16.1 Å². The number of carbonyl (C=O) groups excluding carboxylic acids is 1. The Balaban J connectivity index is 1.57. The maximum atomic E-state index is 13.1. The highest BCUT2D eigenvalue weighted by Crippen LogP contribution is 2.22. The minimum atomic E-state index is -3.57. The Morgan fingerprint density at radius 1 is 1.00 bits per heavy atom. The first-order valence-electron chi connectivity index (χ1n) is 10.9. The number of hydrogen-bond donors (Lipinski definition) is 1. The van der Waals surface area contributed by atoms with Gasteiger partial charge in [0.2, 0.25) is 10.0 Å². The number of thioether (sulfide) groups is 1. The van der Waals surface area contributed by atoms with Gasteiger partial charge in [-0.15, -0.1) is 0 Å². The van der Waals surface area contributed by atoms with Gasteiger partial charge >= 0.3 is 0 Å². The van der Waals surface area contributed by atoms with Gasteiger partial charge in [0.15, 0.2) is 0 Å². The molecule has 2 aromatic rings. The standard InChI is InChI=1S/C24H32N2O3S2/c1-19-7-10-21(11-8-19)18-30-16-13-25-24(27)23-17-22(12-9-20(23)2)31(28,29)26-14-5-3-4-6-15-26/h7-12,17H,3-6,13-16,18H2,1-2H3,(H,25,27). The summed E-state index contributed by atoms with van der Waals surface area (Å²) in [6.45, 7) is 5.55. The number of nitrogens with zero attached hydrogens (tertiary/aromatic N) is 1. The summed E-state index contributed by atoms with van der Waals surface area (Å²) in [4.78, 5) is 12.9. The quantitative estimate of drug-likeness (QED) is 0.588. The lowest BCUT2D eigenvalue weighted by Gasteiger charge is -2.20. The number of rotatable bonds is 8. The van der Waals surface area contributed by atoms with Crippen LogP contribution >= 0.6 is 11.8 Å². The number of benzene rings is 2. The molecule has 0 spiro atoms. The van der Waals surface area contributed by atoms with E-state index in [1.54, 1.807) is 28.2 Å². The maximum absolute atomic E-state index is 13.1. The molecule has 2 aromatic carbocycles. The van der Waals surface area contributed by atoms with Gasteiger partial charge in [0.25, 0.3) is 5.91 Å². The molecule has 5 nitrogen and oxygen atoms in total. The zero-order valence-electron chi connectivity index (χ0n) is 18.4. The topological polar surface area (TPSA) is 66.5 Å². The van der Waals surface area contributed by atoms with Crippen LogP contribution in [-0.4, -0.2) is 44.0 Å². The van der Waals surface area contributed by atoms with Gasteiger partial charge in [-0.25, -0.2) is 8.42 Å². The van der Waals surface area contributed by atoms with E-state index in [0.717, 1.165) is 42.8 Å². The van der Waals surface area contributed by atoms with Crippen LogP contribution in [0.15, 0.2) is 47.4 Å². The van der Waals surface area contributed by atoms with Crippen LogP contribution in [0.4, 0.5) is 0 Å². The Hall–Kier alpha value is -1.83. The lowest BCUT2D eigenvalue weighted by molar-refractivity contribution is 0.0955. The molecule has 0 radical (unpaired) electrons. The van der Waals surface area contributed by atoms with Crippen molar-refractivity contribution < 1.29 is 13.2 Å². The van der Waals surface area contributed by atoms with E-state index in [1.165, 1.54) is 17.2 Å². The van der Waals surface area contributed by atoms with Crippen LogP contribution in [0, 0.1) is 13.8 Å². The molecule has 0 aliphatic carbocycles. The third-order valence-electron chi connectivity index (χ3n) is 5.58. The first-order valence-corrected chi connectivity index (χ1v) is 13.5. The molecule has 1 aliphatic heterocycles. The Morgan fingerprint density at radius 3 is 2.35 bits per heavy atom. The average molecular weight is 461 g/mol. The van der Waals surface area contributed by atoms with E-state index < -0.39 is 10.0 Å². The Bertz CT molecular complexity index is 980. The molecule has 0 saturated carbocycles. The van der Waals surface area contributed by atoms with Crippen molar-refractivity contribution in [2.75, 3.05) is 25.4 Å². The fraction of sp³-hybridized carbons (Fsp3) is 0.458. The van der Waals surface area contributed by atoms with Gasteiger partial charge in [0.1, 0.15) is 0 Å². The average Bonchev–Trinajstić information content (AvgIpc) is 3.05. The van der Waals surface area contributed by atoms with E-state index in [9.17, 15) is 13.2 Å². The first-order chi connectivity index (χ1) is 14.9. The molecule has 3 rings (SSSR count). The van der Waals surface area contributed by atoms with Crippen LogP contribution in [0.5, 0.6) is 0 Å². The molecular formula is C24H32N2O3S2. The second-order valence-corrected chi connectivity index (χ2v) is 11.1. The summed E-state index contributed by atoms with van der Waals surface area (Å²) in [5.41, 5.74) is 3.72. The van der Waals surface area contributed by atoms with Crippen LogP contribution < -0.4 is 5.32 Å². The number of aryl methyl sites for hydroxylation is 2. The van der Waals surface area contributed by atoms with Crippen molar-refractivity contribution in [2.24, 2.45) is 0 Å². The van der Waals surface area contributed by atoms with Gasteiger partial charge in [-0.05, 0) is 49.9 Å². The highest BCUT2D eigenvalue weighted by atomic mass is 32.2. The van der Waals surface area contributed by atoms with Gasteiger partial charge < -0.3 is 5.32 Å². The first kappa shape index (κ1) is 23.8. The van der Waals surface area contributed by atoms with E-state index in [1.807, 2.05) is 6.92 Å². The zero-order valence-corrected chi connectivity index (χ0v) is 20.0. The highest BCUT2D eigenvalue weighted by molar-refractivity contribution is 7.98. The number of sulfonamides is 1. The molecule has 0 unspecified atom stereocenters. The van der Waals surface area contributed by atoms with Gasteiger partial charge in [0.05, 0.1) is 4.90 Å². The predicted octanol–water partition coefficient (Wildman–Crippen LogP) is 4.53. The minimum absolute atomic E-state index is 0.207. The van der Waals surface area contributed by atoms with Gasteiger partial charge in [-0.1, -0.05) is 48.7 Å². The minimum Gasteiger partial charge on any atom is -0.351 e. The molecular weight excluding hydrogens is 428 g/mol. The Morgan fingerprint density at radius 2 is 1.68 bits per heavy atom. The van der Waals surface area contributed by atoms with Gasteiger partial charge in [-0.3, -0.25) is 4.79 Å². The van der Waals surface area contributed by atoms with Crippen LogP contribution in [0.2, 0.25) is 0 Å². The van der Waals surface area contributed by atoms with Crippen molar-refractivity contribution in [1.82, 2.24) is 9.62 Å². The van der Waals surface area contributed by atoms with Crippen LogP contribution in [0.1, 0.15) is 52.7 Å². The van der Waals surface area contributed by atoms with E-state index in [0.29, 0.717) is 25.2 Å². The number of amides is 1. The largest absolute Gasteiger partial charge is 0.351 e. The molecule has 0 aromatic heterocycles. The number of carbonyl (C=O) groups is 1. The molecule has 31 heavy (non-hydrogen) atoms. The Kier molecular flexibility index (Phi) is 8.58. The fourth-order valence-electron chi connectivity index (χ4n) is 3.64. The summed E-state index contributed by atoms with van der Waals surface area (Å²) in [6, 6.07) is 13.3. The SMILES string of the molecule is Cc1ccc(CSCCNC(=O)c2cc(S(=O)(=O)N3CCCCCC3)ccc2C)cc1. The third-order valence-corrected chi connectivity index (χ3v) is 8.50. The predicted molar refractivity (Wildman–Crippen MR) is 128 cm³/mol. The molecule has 1 fully saturated rings. The zero-order chi connectivity index (χ0) is 22.3. The fourth-order valence-corrected chi connectivity index (χ4v) is 6.01. The van der Waals surface area contributed by atoms with E-state index in [-0.39, 0.29) is 10.8 Å². The van der Waals surface area contributed by atoms with Crippen LogP contribution in [0.3, 0.4) is 0 Å². The van der Waals surface area contributed by atoms with Crippen molar-refractivity contribution in [3.63, 3.8) is 0 Å². The summed E-state index contributed by atoms with van der Waals surface area (Å²) in [7, 11) is -3.57. The molecule has 168 valence electrons. The van der Waals surface area contributed by atoms with Crippen LogP contribution in [-0.2, 0) is 15.8 Å². The van der Waals surface area contributed by atoms with Gasteiger partial charge in [0, 0.05) is 36.7 Å². The summed E-state index contributed by atoms with van der Waals surface area (Å²) in [5.74, 6) is 1.48. The molecule has 0 atom stereocenters. The molecule has 7 heteroatoms. The molecule has 0 bridgehead atoms. The molecule has 1 heterocycles. The van der Waals surface area contributed by atoms with Crippen molar-refractivity contribution in [3.8, 4) is 0 Å². The van der Waals surface area contributed by atoms with Crippen LogP contribution in [0.25, 0.3) is 0 Å². The highest BCUT2D eigenvalue weighted by Gasteiger charge is 2.26. The lowest BCUT2D eigenvalue weighted by Crippen LogP contribution is -2.32. The monoisotopic (exact) mass is 460 g/mol. The second kappa shape index (κ2) is 11.2. The summed E-state index contributed by atoms with van der Waals surface area (Å²) >= 11 is 1.76. The summed E-state index contributed by atoms with van der Waals surface area (Å²) < 4.78 is 27.7. The molecule has 1 aliphatic rings. The Labute approximate surface area is 190 Å². The van der Waals surface area contributed by atoms with E-state index in [2.05, 4.69) is 36.5 Å². The van der Waals surface area contributed by atoms with Crippen molar-refractivity contribution in [3.05, 3.63) is 64.7 Å². The van der Waals surface area contributed by atoms with Crippen molar-refractivity contribution in [2.45, 2.75) is 50.2 Å². The molecule has 1 N–H and O–H groups in total. The normalized spacial score (nSPS) is 15.4. The second-order valence-electron chi connectivity index (χ2n) is 8.09. The summed E-state index contributed by atoms with van der Waals surface area (Å²) in [5, 5.41) is 2.94. The summed E-state index contributed by atoms with van der Waals surface area (Å²) in [6.07, 6.45) is 3.91. The van der Waals surface area contributed by atoms with Crippen molar-refractivity contribution >= 4 is 27.7 Å². The molecule has 1 saturated heterocycles. The maximum Gasteiger partial charge on any atom is 0.251 e. The lowest BCUT2D eigenvalue weighted by atomic mass is 10.1. The van der Waals surface area contributed by atoms with E-state index >= 15 is 0 Å². The molecule has 1 amide bonds. The smallest absolute Gasteiger partial charge is 0.251 e. The number of nitrogens with one attached hydrogen (secondary N) is 1. The van der Waals surface area contributed by atoms with E-state index in [4.69, 9.17) is 0 Å². The van der Waals surface area contributed by atoms with Crippen molar-refractivity contribution in [1.29, 1.82) is 0 Å². The third kappa shape index (κ3) is 6.57.